The van der Waals surface area contributed by atoms with E-state index in [1.807, 2.05) is 6.08 Å². The van der Waals surface area contributed by atoms with Gasteiger partial charge in [-0.05, 0) is 64.2 Å². The number of aliphatic hydroxyl groups is 2. The van der Waals surface area contributed by atoms with Crippen molar-refractivity contribution in [1.29, 1.82) is 0 Å². The summed E-state index contributed by atoms with van der Waals surface area (Å²) in [7, 11) is 0. The molecule has 6 nitrogen and oxygen atoms in total. The lowest BCUT2D eigenvalue weighted by atomic mass is 10.0. The van der Waals surface area contributed by atoms with Crippen molar-refractivity contribution in [3.8, 4) is 0 Å². The van der Waals surface area contributed by atoms with Crippen LogP contribution in [0, 0.1) is 0 Å². The number of hydrogen-bond donors (Lipinski definition) is 3. The van der Waals surface area contributed by atoms with Gasteiger partial charge < -0.3 is 20.3 Å². The molecule has 6 heteroatoms. The zero-order valence-electron chi connectivity index (χ0n) is 43.5. The van der Waals surface area contributed by atoms with Crippen LogP contribution in [0.3, 0.4) is 0 Å². The Kier molecular flexibility index (Phi) is 53.1. The fraction of sp³-hybridized carbons (Fsp3) is 0.864. The molecule has 0 fully saturated rings. The van der Waals surface area contributed by atoms with Crippen molar-refractivity contribution in [3.05, 3.63) is 36.5 Å². The highest BCUT2D eigenvalue weighted by atomic mass is 16.5. The van der Waals surface area contributed by atoms with E-state index in [1.165, 1.54) is 212 Å². The summed E-state index contributed by atoms with van der Waals surface area (Å²) in [4.78, 5) is 24.5. The average molecular weight is 915 g/mol. The number of ether oxygens (including phenoxy) is 1. The number of amides is 1. The summed E-state index contributed by atoms with van der Waals surface area (Å²) in [6.07, 6.45) is 67.2. The van der Waals surface area contributed by atoms with Crippen LogP contribution in [0.1, 0.15) is 303 Å². The van der Waals surface area contributed by atoms with Crippen molar-refractivity contribution in [1.82, 2.24) is 5.32 Å². The zero-order chi connectivity index (χ0) is 47.2. The number of unbranched alkanes of at least 4 members (excludes halogenated alkanes) is 38. The van der Waals surface area contributed by atoms with E-state index in [2.05, 4.69) is 43.5 Å². The molecule has 2 atom stereocenters. The fourth-order valence-electron chi connectivity index (χ4n) is 8.72. The Labute approximate surface area is 404 Å². The van der Waals surface area contributed by atoms with Gasteiger partial charge in [0.05, 0.1) is 25.4 Å². The highest BCUT2D eigenvalue weighted by molar-refractivity contribution is 5.76. The quantitative estimate of drug-likeness (QED) is 0.0321. The Morgan fingerprint density at radius 2 is 0.769 bits per heavy atom. The van der Waals surface area contributed by atoms with Gasteiger partial charge in [-0.3, -0.25) is 9.59 Å². The summed E-state index contributed by atoms with van der Waals surface area (Å²) < 4.78 is 5.46. The van der Waals surface area contributed by atoms with Crippen molar-refractivity contribution < 1.29 is 24.5 Å². The Bertz CT molecular complexity index is 1060. The molecule has 0 aromatic heterocycles. The largest absolute Gasteiger partial charge is 0.466 e. The van der Waals surface area contributed by atoms with E-state index in [0.717, 1.165) is 64.2 Å². The molecule has 0 radical (unpaired) electrons. The number of nitrogens with one attached hydrogen (secondary N) is 1. The van der Waals surface area contributed by atoms with Crippen LogP contribution in [0.4, 0.5) is 0 Å². The molecular weight excluding hydrogens is 803 g/mol. The minimum absolute atomic E-state index is 0.0174. The van der Waals surface area contributed by atoms with Crippen LogP contribution in [-0.4, -0.2) is 47.4 Å². The Morgan fingerprint density at radius 3 is 1.20 bits per heavy atom. The highest BCUT2D eigenvalue weighted by Gasteiger charge is 2.18. The SMILES string of the molecule is CCCCC/C=C\C/C=C\CCCCCCCC(=O)OCCCCCCCCCCCCCCCCC(=O)NC(CO)C(O)/C=C/CCCCCCCCCCCCCCCCCCC. The van der Waals surface area contributed by atoms with Gasteiger partial charge in [0, 0.05) is 12.8 Å². The molecule has 0 aliphatic carbocycles. The molecule has 0 aliphatic rings. The predicted octanol–water partition coefficient (Wildman–Crippen LogP) is 17.6. The standard InChI is InChI=1S/C59H111NO5/c1-3-5-7-9-11-13-15-17-19-20-21-22-24-27-31-35-39-43-47-51-57(62)56(55-61)60-58(63)52-48-44-40-36-32-28-25-26-30-34-38-42-46-50-54-65-59(64)53-49-45-41-37-33-29-23-18-16-14-12-10-8-6-4-2/h12,14,18,23,47,51,56-57,61-62H,3-11,13,15-17,19-22,24-46,48-50,52-55H2,1-2H3,(H,60,63)/b14-12-,23-18-,51-47+. The molecule has 382 valence electrons. The second kappa shape index (κ2) is 54.7. The summed E-state index contributed by atoms with van der Waals surface area (Å²) in [5.41, 5.74) is 0. The van der Waals surface area contributed by atoms with E-state index < -0.39 is 12.1 Å². The molecular formula is C59H111NO5. The van der Waals surface area contributed by atoms with E-state index in [4.69, 9.17) is 4.74 Å². The number of aliphatic hydroxyl groups excluding tert-OH is 2. The highest BCUT2D eigenvalue weighted by Crippen LogP contribution is 2.17. The van der Waals surface area contributed by atoms with E-state index in [1.54, 1.807) is 6.08 Å². The van der Waals surface area contributed by atoms with E-state index >= 15 is 0 Å². The number of carbonyl (C=O) groups excluding carboxylic acids is 2. The van der Waals surface area contributed by atoms with Crippen molar-refractivity contribution in [2.75, 3.05) is 13.2 Å². The molecule has 0 heterocycles. The summed E-state index contributed by atoms with van der Waals surface area (Å²) in [5, 5.41) is 23.1. The average Bonchev–Trinajstić information content (AvgIpc) is 3.31. The van der Waals surface area contributed by atoms with Gasteiger partial charge in [0.25, 0.3) is 0 Å². The maximum Gasteiger partial charge on any atom is 0.305 e. The van der Waals surface area contributed by atoms with Gasteiger partial charge in [0.2, 0.25) is 5.91 Å². The Hall–Kier alpha value is -1.92. The first-order valence-corrected chi connectivity index (χ1v) is 28.8. The van der Waals surface area contributed by atoms with Gasteiger partial charge in [0.15, 0.2) is 0 Å². The molecule has 2 unspecified atom stereocenters. The van der Waals surface area contributed by atoms with Crippen LogP contribution in [-0.2, 0) is 14.3 Å². The first kappa shape index (κ1) is 63.1. The van der Waals surface area contributed by atoms with Gasteiger partial charge in [0.1, 0.15) is 0 Å². The lowest BCUT2D eigenvalue weighted by Gasteiger charge is -2.20. The van der Waals surface area contributed by atoms with Crippen LogP contribution in [0.15, 0.2) is 36.5 Å². The number of esters is 1. The summed E-state index contributed by atoms with van der Waals surface area (Å²) in [6, 6.07) is -0.637. The summed E-state index contributed by atoms with van der Waals surface area (Å²) >= 11 is 0. The molecule has 0 aromatic carbocycles. The van der Waals surface area contributed by atoms with Crippen molar-refractivity contribution in [3.63, 3.8) is 0 Å². The van der Waals surface area contributed by atoms with Crippen molar-refractivity contribution in [2.45, 2.75) is 315 Å². The minimum Gasteiger partial charge on any atom is -0.466 e. The monoisotopic (exact) mass is 914 g/mol. The summed E-state index contributed by atoms with van der Waals surface area (Å²) in [5.74, 6) is -0.0949. The zero-order valence-corrected chi connectivity index (χ0v) is 43.5. The Balaban J connectivity index is 3.49. The van der Waals surface area contributed by atoms with Crippen molar-refractivity contribution >= 4 is 11.9 Å². The Morgan fingerprint density at radius 1 is 0.431 bits per heavy atom. The van der Waals surface area contributed by atoms with Crippen LogP contribution >= 0.6 is 0 Å². The molecule has 0 saturated heterocycles. The molecule has 0 spiro atoms. The molecule has 1 amide bonds. The lowest BCUT2D eigenvalue weighted by molar-refractivity contribution is -0.143. The van der Waals surface area contributed by atoms with Gasteiger partial charge in [-0.2, -0.15) is 0 Å². The molecule has 65 heavy (non-hydrogen) atoms. The molecule has 0 aromatic rings. The second-order valence-corrected chi connectivity index (χ2v) is 19.6. The van der Waals surface area contributed by atoms with Gasteiger partial charge in [-0.25, -0.2) is 0 Å². The van der Waals surface area contributed by atoms with E-state index in [-0.39, 0.29) is 18.5 Å². The number of carbonyl (C=O) groups is 2. The van der Waals surface area contributed by atoms with Crippen molar-refractivity contribution in [2.24, 2.45) is 0 Å². The van der Waals surface area contributed by atoms with Crippen LogP contribution in [0.2, 0.25) is 0 Å². The smallest absolute Gasteiger partial charge is 0.305 e. The second-order valence-electron chi connectivity index (χ2n) is 19.6. The van der Waals surface area contributed by atoms with Crippen LogP contribution in [0.5, 0.6) is 0 Å². The third kappa shape index (κ3) is 51.3. The third-order valence-electron chi connectivity index (χ3n) is 13.2. The van der Waals surface area contributed by atoms with E-state index in [0.29, 0.717) is 19.4 Å². The predicted molar refractivity (Wildman–Crippen MR) is 283 cm³/mol. The molecule has 0 bridgehead atoms. The number of rotatable bonds is 53. The topological polar surface area (TPSA) is 95.9 Å². The number of hydrogen-bond acceptors (Lipinski definition) is 5. The maximum absolute atomic E-state index is 12.5. The van der Waals surface area contributed by atoms with Crippen LogP contribution in [0.25, 0.3) is 0 Å². The lowest BCUT2D eigenvalue weighted by Crippen LogP contribution is -2.45. The van der Waals surface area contributed by atoms with Gasteiger partial charge in [-0.1, -0.05) is 262 Å². The molecule has 0 aliphatic heterocycles. The van der Waals surface area contributed by atoms with E-state index in [9.17, 15) is 19.8 Å². The molecule has 3 N–H and O–H groups in total. The first-order chi connectivity index (χ1) is 32.0. The van der Waals surface area contributed by atoms with Gasteiger partial charge in [-0.15, -0.1) is 0 Å². The first-order valence-electron chi connectivity index (χ1n) is 28.8. The van der Waals surface area contributed by atoms with Gasteiger partial charge >= 0.3 is 5.97 Å². The summed E-state index contributed by atoms with van der Waals surface area (Å²) in [6.45, 7) is 4.86. The maximum atomic E-state index is 12.5. The molecule has 0 rings (SSSR count). The minimum atomic E-state index is -0.853. The fourth-order valence-corrected chi connectivity index (χ4v) is 8.72. The van der Waals surface area contributed by atoms with Crippen LogP contribution < -0.4 is 5.32 Å². The molecule has 0 saturated carbocycles. The normalized spacial score (nSPS) is 12.9. The third-order valence-corrected chi connectivity index (χ3v) is 13.2. The number of allylic oxidation sites excluding steroid dienone is 5.